The fourth-order valence-corrected chi connectivity index (χ4v) is 3.35. The van der Waals surface area contributed by atoms with Crippen LogP contribution in [0.2, 0.25) is 5.02 Å². The van der Waals surface area contributed by atoms with E-state index in [1.807, 2.05) is 25.9 Å². The van der Waals surface area contributed by atoms with Crippen molar-refractivity contribution in [1.29, 1.82) is 0 Å². The van der Waals surface area contributed by atoms with Crippen LogP contribution in [0.15, 0.2) is 42.5 Å². The van der Waals surface area contributed by atoms with Crippen molar-refractivity contribution in [3.63, 3.8) is 0 Å². The van der Waals surface area contributed by atoms with Gasteiger partial charge in [0.25, 0.3) is 17.7 Å². The molecule has 0 aliphatic heterocycles. The van der Waals surface area contributed by atoms with Crippen molar-refractivity contribution in [1.82, 2.24) is 20.2 Å². The van der Waals surface area contributed by atoms with E-state index in [1.165, 1.54) is 6.07 Å². The van der Waals surface area contributed by atoms with Gasteiger partial charge in [-0.3, -0.25) is 14.4 Å². The number of benzene rings is 2. The maximum Gasteiger partial charge on any atom is 0.276 e. The Hall–Kier alpha value is -3.76. The minimum absolute atomic E-state index is 0.00149. The second kappa shape index (κ2) is 11.6. The van der Waals surface area contributed by atoms with Gasteiger partial charge < -0.3 is 25.8 Å². The molecule has 0 aliphatic rings. The van der Waals surface area contributed by atoms with E-state index in [-0.39, 0.29) is 22.0 Å². The second-order valence-corrected chi connectivity index (χ2v) is 8.34. The minimum Gasteiger partial charge on any atom is -0.349 e. The summed E-state index contributed by atoms with van der Waals surface area (Å²) in [6.45, 7) is 2.93. The predicted molar refractivity (Wildman–Crippen MR) is 133 cm³/mol. The minimum atomic E-state index is -0.548. The quantitative estimate of drug-likeness (QED) is 0.358. The van der Waals surface area contributed by atoms with Crippen LogP contribution >= 0.6 is 11.6 Å². The number of aryl methyl sites for hydroxylation is 1. The van der Waals surface area contributed by atoms with Gasteiger partial charge in [0.05, 0.1) is 10.6 Å². The molecule has 9 nitrogen and oxygen atoms in total. The Morgan fingerprint density at radius 1 is 1.00 bits per heavy atom. The van der Waals surface area contributed by atoms with Crippen LogP contribution in [0.4, 0.5) is 15.8 Å². The molecule has 0 aliphatic carbocycles. The molecule has 4 N–H and O–H groups in total. The number of H-pyrrole nitrogens is 1. The SMILES string of the molecule is CCc1nc(C(=O)Nc2ccc(NC(=O)c3ccc(F)cc3Cl)cc2)c(C(=O)NCCN(C)C)[nH]1. The Bertz CT molecular complexity index is 1230. The lowest BCUT2D eigenvalue weighted by atomic mass is 10.2. The Morgan fingerprint density at radius 3 is 2.20 bits per heavy atom. The smallest absolute Gasteiger partial charge is 0.276 e. The van der Waals surface area contributed by atoms with Crippen LogP contribution in [0.5, 0.6) is 0 Å². The number of nitrogens with zero attached hydrogens (tertiary/aromatic N) is 2. The molecule has 0 bridgehead atoms. The highest BCUT2D eigenvalue weighted by atomic mass is 35.5. The van der Waals surface area contributed by atoms with E-state index >= 15 is 0 Å². The molecule has 3 rings (SSSR count). The summed E-state index contributed by atoms with van der Waals surface area (Å²) >= 11 is 5.93. The highest BCUT2D eigenvalue weighted by Crippen LogP contribution is 2.20. The molecule has 1 heterocycles. The summed E-state index contributed by atoms with van der Waals surface area (Å²) in [5, 5.41) is 8.14. The number of imidazole rings is 1. The molecular formula is C24H26ClFN6O3. The zero-order chi connectivity index (χ0) is 25.5. The van der Waals surface area contributed by atoms with Gasteiger partial charge in [-0.1, -0.05) is 18.5 Å². The molecule has 0 unspecified atom stereocenters. The molecule has 35 heavy (non-hydrogen) atoms. The molecule has 3 amide bonds. The van der Waals surface area contributed by atoms with Crippen molar-refractivity contribution in [2.24, 2.45) is 0 Å². The van der Waals surface area contributed by atoms with Gasteiger partial charge in [0.2, 0.25) is 0 Å². The molecule has 11 heteroatoms. The van der Waals surface area contributed by atoms with E-state index < -0.39 is 23.5 Å². The van der Waals surface area contributed by atoms with Crippen molar-refractivity contribution < 1.29 is 18.8 Å². The maximum absolute atomic E-state index is 13.2. The highest BCUT2D eigenvalue weighted by molar-refractivity contribution is 6.34. The highest BCUT2D eigenvalue weighted by Gasteiger charge is 2.22. The van der Waals surface area contributed by atoms with E-state index in [0.717, 1.165) is 12.1 Å². The molecule has 0 saturated heterocycles. The van der Waals surface area contributed by atoms with Crippen molar-refractivity contribution in [3.05, 3.63) is 76.1 Å². The second-order valence-electron chi connectivity index (χ2n) is 7.93. The summed E-state index contributed by atoms with van der Waals surface area (Å²) in [7, 11) is 3.79. The molecular weight excluding hydrogens is 475 g/mol. The van der Waals surface area contributed by atoms with Crippen LogP contribution in [-0.4, -0.2) is 59.8 Å². The molecule has 184 valence electrons. The lowest BCUT2D eigenvalue weighted by molar-refractivity contribution is 0.0933. The Morgan fingerprint density at radius 2 is 1.63 bits per heavy atom. The fourth-order valence-electron chi connectivity index (χ4n) is 3.10. The molecule has 0 radical (unpaired) electrons. The molecule has 0 atom stereocenters. The van der Waals surface area contributed by atoms with Gasteiger partial charge in [-0.05, 0) is 56.6 Å². The molecule has 1 aromatic heterocycles. The first kappa shape index (κ1) is 25.9. The van der Waals surface area contributed by atoms with Crippen molar-refractivity contribution in [3.8, 4) is 0 Å². The number of amides is 3. The Labute approximate surface area is 207 Å². The summed E-state index contributed by atoms with van der Waals surface area (Å²) in [6.07, 6.45) is 0.526. The van der Waals surface area contributed by atoms with Crippen LogP contribution < -0.4 is 16.0 Å². The van der Waals surface area contributed by atoms with Gasteiger partial charge in [0, 0.05) is 30.9 Å². The zero-order valence-electron chi connectivity index (χ0n) is 19.5. The van der Waals surface area contributed by atoms with Crippen LogP contribution in [0.1, 0.15) is 44.1 Å². The lowest BCUT2D eigenvalue weighted by Crippen LogP contribution is -2.32. The zero-order valence-corrected chi connectivity index (χ0v) is 20.3. The van der Waals surface area contributed by atoms with E-state index in [4.69, 9.17) is 11.6 Å². The van der Waals surface area contributed by atoms with Crippen LogP contribution in [0.3, 0.4) is 0 Å². The summed E-state index contributed by atoms with van der Waals surface area (Å²) < 4.78 is 13.2. The third kappa shape index (κ3) is 6.87. The fraction of sp³-hybridized carbons (Fsp3) is 0.250. The van der Waals surface area contributed by atoms with E-state index in [0.29, 0.717) is 36.7 Å². The third-order valence-electron chi connectivity index (χ3n) is 4.95. The number of carbonyl (C=O) groups excluding carboxylic acids is 3. The normalized spacial score (nSPS) is 10.8. The van der Waals surface area contributed by atoms with Gasteiger partial charge in [-0.2, -0.15) is 0 Å². The largest absolute Gasteiger partial charge is 0.349 e. The van der Waals surface area contributed by atoms with E-state index in [9.17, 15) is 18.8 Å². The van der Waals surface area contributed by atoms with E-state index in [1.54, 1.807) is 24.3 Å². The number of halogens is 2. The first-order valence-electron chi connectivity index (χ1n) is 10.9. The lowest BCUT2D eigenvalue weighted by Gasteiger charge is -2.11. The van der Waals surface area contributed by atoms with Gasteiger partial charge >= 0.3 is 0 Å². The topological polar surface area (TPSA) is 119 Å². The number of aromatic amines is 1. The molecule has 2 aromatic carbocycles. The molecule has 0 saturated carbocycles. The van der Waals surface area contributed by atoms with Crippen molar-refractivity contribution in [2.45, 2.75) is 13.3 Å². The Balaban J connectivity index is 1.67. The van der Waals surface area contributed by atoms with Gasteiger partial charge in [-0.25, -0.2) is 9.37 Å². The standard InChI is InChI=1S/C24H26ClFN6O3/c1-4-19-30-20(23(34)27-11-12-32(2)3)21(31-19)24(35)29-16-8-6-15(7-9-16)28-22(33)17-10-5-14(26)13-18(17)25/h5-10,13H,4,11-12H2,1-3H3,(H,27,34)(H,28,33)(H,29,35)(H,30,31). The molecule has 3 aromatic rings. The maximum atomic E-state index is 13.2. The molecule has 0 spiro atoms. The summed E-state index contributed by atoms with van der Waals surface area (Å²) in [4.78, 5) is 47.0. The van der Waals surface area contributed by atoms with Crippen molar-refractivity contribution >= 4 is 40.7 Å². The van der Waals surface area contributed by atoms with Crippen LogP contribution in [0, 0.1) is 5.82 Å². The number of rotatable bonds is 9. The number of anilines is 2. The first-order chi connectivity index (χ1) is 16.7. The van der Waals surface area contributed by atoms with Crippen LogP contribution in [0.25, 0.3) is 0 Å². The number of hydrogen-bond donors (Lipinski definition) is 4. The average Bonchev–Trinajstić information content (AvgIpc) is 3.25. The number of nitrogens with one attached hydrogen (secondary N) is 4. The number of likely N-dealkylation sites (N-methyl/N-ethyl adjacent to an activating group) is 1. The average molecular weight is 501 g/mol. The number of hydrogen-bond acceptors (Lipinski definition) is 5. The summed E-state index contributed by atoms with van der Waals surface area (Å²) in [5.74, 6) is -1.48. The van der Waals surface area contributed by atoms with Gasteiger partial charge in [-0.15, -0.1) is 0 Å². The van der Waals surface area contributed by atoms with Crippen LogP contribution in [-0.2, 0) is 6.42 Å². The number of carbonyl (C=O) groups is 3. The third-order valence-corrected chi connectivity index (χ3v) is 5.26. The van der Waals surface area contributed by atoms with E-state index in [2.05, 4.69) is 25.9 Å². The number of aromatic nitrogens is 2. The van der Waals surface area contributed by atoms with Crippen molar-refractivity contribution in [2.75, 3.05) is 37.8 Å². The first-order valence-corrected chi connectivity index (χ1v) is 11.2. The predicted octanol–water partition coefficient (Wildman–Crippen LogP) is 3.56. The summed E-state index contributed by atoms with van der Waals surface area (Å²) in [5.41, 5.74) is 1.10. The molecule has 0 fully saturated rings. The van der Waals surface area contributed by atoms with Gasteiger partial charge in [0.15, 0.2) is 5.69 Å². The summed E-state index contributed by atoms with van der Waals surface area (Å²) in [6, 6.07) is 9.85. The Kier molecular flexibility index (Phi) is 8.56. The van der Waals surface area contributed by atoms with Gasteiger partial charge in [0.1, 0.15) is 17.3 Å². The monoisotopic (exact) mass is 500 g/mol.